The molecule has 7 N–H and O–H groups in total. The monoisotopic (exact) mass is 914 g/mol. The lowest BCUT2D eigenvalue weighted by atomic mass is 9.81. The van der Waals surface area contributed by atoms with Crippen molar-refractivity contribution in [2.75, 3.05) is 46.1 Å². The molecular weight excluding hydrogens is 864 g/mol. The Morgan fingerprint density at radius 2 is 1.56 bits per heavy atom. The molecule has 0 bridgehead atoms. The number of nitrogens with zero attached hydrogens (tertiary/aromatic N) is 2. The number of nitrogens with one attached hydrogen (secondary N) is 6. The second-order valence-electron chi connectivity index (χ2n) is 16.4. The Bertz CT molecular complexity index is 2620. The average molecular weight is 915 g/mol. The Kier molecular flexibility index (Phi) is 14.7. The van der Waals surface area contributed by atoms with Crippen molar-refractivity contribution in [1.82, 2.24) is 41.5 Å². The molecular formula is C45H51FN8O12. The molecule has 21 heteroatoms. The van der Waals surface area contributed by atoms with E-state index in [1.807, 2.05) is 0 Å². The number of aryl methyl sites for hydroxylation is 1. The van der Waals surface area contributed by atoms with Gasteiger partial charge in [0.15, 0.2) is 5.60 Å². The minimum atomic E-state index is -2.04. The highest BCUT2D eigenvalue weighted by Crippen LogP contribution is 2.46. The number of aromatic nitrogens is 2. The van der Waals surface area contributed by atoms with Gasteiger partial charge in [-0.3, -0.25) is 33.6 Å². The Morgan fingerprint density at radius 1 is 0.879 bits per heavy atom. The molecule has 66 heavy (non-hydrogen) atoms. The van der Waals surface area contributed by atoms with Gasteiger partial charge in [-0.1, -0.05) is 19.3 Å². The number of hydrogen-bond acceptors (Lipinski definition) is 13. The number of benzene rings is 1. The van der Waals surface area contributed by atoms with E-state index in [4.69, 9.17) is 19.2 Å². The third kappa shape index (κ3) is 10.4. The minimum absolute atomic E-state index is 0.0399. The van der Waals surface area contributed by atoms with Crippen LogP contribution in [-0.2, 0) is 72.9 Å². The van der Waals surface area contributed by atoms with E-state index in [0.29, 0.717) is 51.8 Å². The summed E-state index contributed by atoms with van der Waals surface area (Å²) in [5.74, 6) is 0.967. The molecule has 1 aromatic carbocycles. The van der Waals surface area contributed by atoms with Gasteiger partial charge >= 0.3 is 5.97 Å². The summed E-state index contributed by atoms with van der Waals surface area (Å²) in [5.41, 5.74) is 1.27. The number of aliphatic hydroxyl groups is 1. The number of hydrogen-bond donors (Lipinski definition) is 7. The Labute approximate surface area is 377 Å². The Balaban J connectivity index is 0.848. The number of carbonyl (C=O) groups is 7. The van der Waals surface area contributed by atoms with E-state index in [2.05, 4.69) is 43.7 Å². The summed E-state index contributed by atoms with van der Waals surface area (Å²) in [6, 6.07) is 2.27. The van der Waals surface area contributed by atoms with E-state index < -0.39 is 90.7 Å². The lowest BCUT2D eigenvalue weighted by molar-refractivity contribution is -0.172. The standard InChI is InChI=1S/C45H51FN8O12/c1-3-45(63)29-13-33-42-27(19-54(33)43(61)28(29)20-66-44(45)62)41-31(12-11-26-24(2)30(46)14-32(53-42)40(26)41)52-39(60)21-64-23-51-37(58)18-49-35(56)16-47-34(55)15-48-36(57)17-50-38(59)22-65-25-9-7-5-4-6-8-10-25/h13-14,25,31,63H,3-7,9,11-12,15-23H2,1-2H3,(H,47,55)(H,48,57)(H,49,56)(H,50,59)(H,51,58)(H,52,60)/t25?,31-,45-/m0/s1. The number of carbonyl (C=O) groups excluding carboxylic acids is 7. The van der Waals surface area contributed by atoms with Crippen LogP contribution >= 0.6 is 0 Å². The molecule has 2 aliphatic heterocycles. The fraction of sp³-hybridized carbons (Fsp3) is 0.489. The van der Waals surface area contributed by atoms with Crippen molar-refractivity contribution >= 4 is 52.3 Å². The predicted octanol–water partition coefficient (Wildman–Crippen LogP) is -0.462. The number of fused-ring (bicyclic) bond motifs is 5. The first-order valence-corrected chi connectivity index (χ1v) is 21.8. The molecule has 6 amide bonds. The summed E-state index contributed by atoms with van der Waals surface area (Å²) in [4.78, 5) is 105. The third-order valence-corrected chi connectivity index (χ3v) is 12.0. The molecule has 350 valence electrons. The van der Waals surface area contributed by atoms with Gasteiger partial charge in [0.1, 0.15) is 38.5 Å². The van der Waals surface area contributed by atoms with Crippen molar-refractivity contribution in [2.24, 2.45) is 0 Å². The summed E-state index contributed by atoms with van der Waals surface area (Å²) in [5, 5.41) is 26.7. The van der Waals surface area contributed by atoms with E-state index in [-0.39, 0.29) is 56.7 Å². The zero-order valence-corrected chi connectivity index (χ0v) is 36.5. The van der Waals surface area contributed by atoms with Gasteiger partial charge in [0.25, 0.3) is 5.56 Å². The SMILES string of the molecule is CC[C@@]1(O)C(=O)OCc2c1cc1n(c2=O)Cc2c-1nc1cc(F)c(C)c3c1c2[C@@H](NC(=O)COCNC(=O)CNC(=O)CNC(=O)CNC(=O)CNC(=O)COC1C#CCCCCC1)CC3. The van der Waals surface area contributed by atoms with Crippen LogP contribution in [0.3, 0.4) is 0 Å². The van der Waals surface area contributed by atoms with Crippen molar-refractivity contribution in [3.05, 3.63) is 61.7 Å². The average Bonchev–Trinajstić information content (AvgIpc) is 3.66. The summed E-state index contributed by atoms with van der Waals surface area (Å²) in [6.07, 6.45) is 4.99. The smallest absolute Gasteiger partial charge is 0.343 e. The normalized spacial score (nSPS) is 19.0. The van der Waals surface area contributed by atoms with Gasteiger partial charge in [-0.05, 0) is 68.2 Å². The van der Waals surface area contributed by atoms with Gasteiger partial charge in [-0.2, -0.15) is 0 Å². The number of halogens is 1. The van der Waals surface area contributed by atoms with E-state index in [0.717, 1.165) is 37.7 Å². The summed E-state index contributed by atoms with van der Waals surface area (Å²) < 4.78 is 32.8. The van der Waals surface area contributed by atoms with Crippen LogP contribution in [0.4, 0.5) is 4.39 Å². The lowest BCUT2D eigenvalue weighted by Gasteiger charge is -2.31. The number of cyclic esters (lactones) is 1. The lowest BCUT2D eigenvalue weighted by Crippen LogP contribution is -2.46. The Morgan fingerprint density at radius 3 is 2.26 bits per heavy atom. The molecule has 4 aliphatic rings. The molecule has 0 radical (unpaired) electrons. The maximum absolute atomic E-state index is 15.3. The van der Waals surface area contributed by atoms with Crippen LogP contribution in [-0.4, -0.2) is 108 Å². The molecule has 3 aromatic rings. The van der Waals surface area contributed by atoms with Crippen molar-refractivity contribution in [1.29, 1.82) is 0 Å². The molecule has 7 rings (SSSR count). The molecule has 0 saturated carbocycles. The fourth-order valence-corrected chi connectivity index (χ4v) is 8.51. The molecule has 0 saturated heterocycles. The predicted molar refractivity (Wildman–Crippen MR) is 230 cm³/mol. The zero-order valence-electron chi connectivity index (χ0n) is 36.5. The van der Waals surface area contributed by atoms with E-state index in [1.54, 1.807) is 19.9 Å². The van der Waals surface area contributed by atoms with Crippen LogP contribution in [0.1, 0.15) is 91.3 Å². The highest BCUT2D eigenvalue weighted by Gasteiger charge is 2.46. The molecule has 0 fully saturated rings. The largest absolute Gasteiger partial charge is 0.458 e. The van der Waals surface area contributed by atoms with Gasteiger partial charge in [0.05, 0.1) is 61.2 Å². The second kappa shape index (κ2) is 20.6. The van der Waals surface area contributed by atoms with Crippen molar-refractivity contribution in [3.8, 4) is 23.2 Å². The second-order valence-corrected chi connectivity index (χ2v) is 16.4. The van der Waals surface area contributed by atoms with Gasteiger partial charge in [-0.25, -0.2) is 14.2 Å². The van der Waals surface area contributed by atoms with Crippen LogP contribution in [0.25, 0.3) is 22.3 Å². The van der Waals surface area contributed by atoms with Crippen LogP contribution in [0, 0.1) is 24.6 Å². The topological polar surface area (TPSA) is 274 Å². The molecule has 4 heterocycles. The number of rotatable bonds is 17. The summed E-state index contributed by atoms with van der Waals surface area (Å²) >= 11 is 0. The molecule has 20 nitrogen and oxygen atoms in total. The van der Waals surface area contributed by atoms with Crippen molar-refractivity contribution < 1.29 is 57.3 Å². The van der Waals surface area contributed by atoms with E-state index >= 15 is 4.39 Å². The first-order valence-electron chi connectivity index (χ1n) is 21.8. The summed E-state index contributed by atoms with van der Waals surface area (Å²) in [7, 11) is 0. The Hall–Kier alpha value is -6.76. The highest BCUT2D eigenvalue weighted by molar-refractivity contribution is 5.94. The maximum Gasteiger partial charge on any atom is 0.343 e. The molecule has 0 spiro atoms. The van der Waals surface area contributed by atoms with Crippen molar-refractivity contribution in [2.45, 2.75) is 96.1 Å². The minimum Gasteiger partial charge on any atom is -0.458 e. The van der Waals surface area contributed by atoms with Gasteiger partial charge in [0, 0.05) is 29.0 Å². The summed E-state index contributed by atoms with van der Waals surface area (Å²) in [6.45, 7) is 0.101. The molecule has 1 unspecified atom stereocenters. The zero-order chi connectivity index (χ0) is 47.1. The number of esters is 1. The first kappa shape index (κ1) is 47.2. The van der Waals surface area contributed by atoms with E-state index in [1.165, 1.54) is 10.6 Å². The van der Waals surface area contributed by atoms with Gasteiger partial charge in [-0.15, -0.1) is 5.92 Å². The molecule has 2 aromatic heterocycles. The highest BCUT2D eigenvalue weighted by atomic mass is 19.1. The van der Waals surface area contributed by atoms with Gasteiger partial charge in [0.2, 0.25) is 35.4 Å². The fourth-order valence-electron chi connectivity index (χ4n) is 8.51. The number of pyridine rings is 2. The van der Waals surface area contributed by atoms with Crippen LogP contribution < -0.4 is 37.5 Å². The third-order valence-electron chi connectivity index (χ3n) is 12.0. The molecule has 3 atom stereocenters. The van der Waals surface area contributed by atoms with Crippen molar-refractivity contribution in [3.63, 3.8) is 0 Å². The molecule has 2 aliphatic carbocycles. The maximum atomic E-state index is 15.3. The van der Waals surface area contributed by atoms with Gasteiger partial charge < -0.3 is 55.8 Å². The number of ether oxygens (including phenoxy) is 3. The van der Waals surface area contributed by atoms with Crippen LogP contribution in [0.2, 0.25) is 0 Å². The van der Waals surface area contributed by atoms with Crippen LogP contribution in [0.5, 0.6) is 0 Å². The van der Waals surface area contributed by atoms with Crippen LogP contribution in [0.15, 0.2) is 16.9 Å². The quantitative estimate of drug-likeness (QED) is 0.0306. The number of amides is 6. The first-order chi connectivity index (χ1) is 31.7. The van der Waals surface area contributed by atoms with E-state index in [9.17, 15) is 43.5 Å².